The number of aryl methyl sites for hydroxylation is 1. The number of fused-ring (bicyclic) bond motifs is 1. The van der Waals surface area contributed by atoms with Crippen molar-refractivity contribution in [1.29, 1.82) is 0 Å². The highest BCUT2D eigenvalue weighted by Gasteiger charge is 2.19. The lowest BCUT2D eigenvalue weighted by molar-refractivity contribution is 0.0337. The van der Waals surface area contributed by atoms with E-state index in [1.807, 2.05) is 48.7 Å². The molecule has 0 spiro atoms. The molecule has 4 aromatic rings. The molecule has 0 aliphatic carbocycles. The molecule has 0 radical (unpaired) electrons. The van der Waals surface area contributed by atoms with E-state index in [9.17, 15) is 4.79 Å². The van der Waals surface area contributed by atoms with E-state index in [-0.39, 0.29) is 5.91 Å². The second-order valence-electron chi connectivity index (χ2n) is 7.47. The van der Waals surface area contributed by atoms with E-state index in [0.717, 1.165) is 49.7 Å². The number of hydrogen-bond acceptors (Lipinski definition) is 7. The maximum Gasteiger partial charge on any atom is 0.261 e. The van der Waals surface area contributed by atoms with Gasteiger partial charge in [0.05, 0.1) is 24.5 Å². The van der Waals surface area contributed by atoms with Gasteiger partial charge in [0.1, 0.15) is 5.52 Å². The number of nitrogens with one attached hydrogen (secondary N) is 1. The van der Waals surface area contributed by atoms with Gasteiger partial charge in [0, 0.05) is 30.6 Å². The number of hydrogen-bond donors (Lipinski definition) is 1. The van der Waals surface area contributed by atoms with Gasteiger partial charge >= 0.3 is 0 Å². The molecule has 158 valence electrons. The van der Waals surface area contributed by atoms with E-state index in [1.54, 1.807) is 6.07 Å². The fourth-order valence-electron chi connectivity index (χ4n) is 3.65. The van der Waals surface area contributed by atoms with Crippen molar-refractivity contribution in [2.24, 2.45) is 0 Å². The Labute approximate surface area is 183 Å². The van der Waals surface area contributed by atoms with Crippen molar-refractivity contribution in [3.63, 3.8) is 0 Å². The van der Waals surface area contributed by atoms with E-state index in [0.29, 0.717) is 27.7 Å². The molecule has 5 rings (SSSR count). The number of carbonyl (C=O) groups is 1. The monoisotopic (exact) mass is 434 g/mol. The second-order valence-corrected chi connectivity index (χ2v) is 8.33. The SMILES string of the molecule is Cc1ccccc1-c1nc2cccc(C(=O)Nc3nc(CN4CCOCC4)cs3)c2o1. The van der Waals surface area contributed by atoms with Gasteiger partial charge in [-0.3, -0.25) is 15.0 Å². The molecule has 0 saturated carbocycles. The van der Waals surface area contributed by atoms with E-state index in [4.69, 9.17) is 9.15 Å². The van der Waals surface area contributed by atoms with Crippen LogP contribution in [0, 0.1) is 6.92 Å². The molecule has 0 atom stereocenters. The number of aromatic nitrogens is 2. The maximum absolute atomic E-state index is 13.0. The quantitative estimate of drug-likeness (QED) is 0.503. The Morgan fingerprint density at radius 3 is 2.81 bits per heavy atom. The van der Waals surface area contributed by atoms with Crippen LogP contribution in [0.2, 0.25) is 0 Å². The summed E-state index contributed by atoms with van der Waals surface area (Å²) >= 11 is 1.42. The molecular formula is C23H22N4O3S. The van der Waals surface area contributed by atoms with Crippen LogP contribution in [0.1, 0.15) is 21.6 Å². The van der Waals surface area contributed by atoms with Crippen LogP contribution in [0.25, 0.3) is 22.6 Å². The number of benzene rings is 2. The van der Waals surface area contributed by atoms with Crippen LogP contribution in [-0.4, -0.2) is 47.1 Å². The van der Waals surface area contributed by atoms with Gasteiger partial charge in [-0.05, 0) is 30.7 Å². The van der Waals surface area contributed by atoms with Crippen LogP contribution in [0.3, 0.4) is 0 Å². The van der Waals surface area contributed by atoms with Gasteiger partial charge in [0.2, 0.25) is 5.89 Å². The minimum Gasteiger partial charge on any atom is -0.435 e. The molecule has 8 heteroatoms. The Balaban J connectivity index is 1.36. The fraction of sp³-hybridized carbons (Fsp3) is 0.261. The number of anilines is 1. The lowest BCUT2D eigenvalue weighted by Gasteiger charge is -2.25. The van der Waals surface area contributed by atoms with Crippen molar-refractivity contribution >= 4 is 33.5 Å². The van der Waals surface area contributed by atoms with Gasteiger partial charge < -0.3 is 9.15 Å². The molecule has 0 bridgehead atoms. The van der Waals surface area contributed by atoms with Gasteiger partial charge in [-0.25, -0.2) is 9.97 Å². The Bertz CT molecular complexity index is 1230. The maximum atomic E-state index is 13.0. The standard InChI is InChI=1S/C23H22N4O3S/c1-15-5-2-3-6-17(15)22-25-19-8-4-7-18(20(19)30-22)21(28)26-23-24-16(14-31-23)13-27-9-11-29-12-10-27/h2-8,14H,9-13H2,1H3,(H,24,26,28). The molecule has 3 heterocycles. The van der Waals surface area contributed by atoms with Crippen LogP contribution in [0.4, 0.5) is 5.13 Å². The highest BCUT2D eigenvalue weighted by Crippen LogP contribution is 2.29. The van der Waals surface area contributed by atoms with Crippen LogP contribution in [-0.2, 0) is 11.3 Å². The normalized spacial score (nSPS) is 14.7. The molecule has 7 nitrogen and oxygen atoms in total. The van der Waals surface area contributed by atoms with Crippen molar-refractivity contribution in [3.05, 3.63) is 64.7 Å². The van der Waals surface area contributed by atoms with Gasteiger partial charge in [-0.15, -0.1) is 11.3 Å². The van der Waals surface area contributed by atoms with Gasteiger partial charge in [-0.1, -0.05) is 24.3 Å². The Morgan fingerprint density at radius 1 is 1.13 bits per heavy atom. The Hall–Kier alpha value is -3.07. The zero-order chi connectivity index (χ0) is 21.2. The molecule has 2 aromatic heterocycles. The first kappa shape index (κ1) is 19.9. The molecule has 2 aromatic carbocycles. The van der Waals surface area contributed by atoms with E-state index in [1.165, 1.54) is 11.3 Å². The number of ether oxygens (including phenoxy) is 1. The minimum atomic E-state index is -0.259. The molecule has 0 unspecified atom stereocenters. The first-order valence-corrected chi connectivity index (χ1v) is 11.1. The fourth-order valence-corrected chi connectivity index (χ4v) is 4.34. The van der Waals surface area contributed by atoms with Crippen LogP contribution in [0.15, 0.2) is 52.3 Å². The molecule has 1 saturated heterocycles. The summed E-state index contributed by atoms with van der Waals surface area (Å²) in [6, 6.07) is 13.3. The van der Waals surface area contributed by atoms with Gasteiger partial charge in [0.25, 0.3) is 5.91 Å². The lowest BCUT2D eigenvalue weighted by Crippen LogP contribution is -2.35. The lowest BCUT2D eigenvalue weighted by atomic mass is 10.1. The average Bonchev–Trinajstić information content (AvgIpc) is 3.41. The predicted molar refractivity (Wildman–Crippen MR) is 120 cm³/mol. The first-order chi connectivity index (χ1) is 15.2. The zero-order valence-corrected chi connectivity index (χ0v) is 17.9. The minimum absolute atomic E-state index is 0.259. The van der Waals surface area contributed by atoms with Gasteiger partial charge in [0.15, 0.2) is 10.7 Å². The summed E-state index contributed by atoms with van der Waals surface area (Å²) in [5.74, 6) is 0.251. The summed E-state index contributed by atoms with van der Waals surface area (Å²) in [5, 5.41) is 5.46. The van der Waals surface area contributed by atoms with E-state index < -0.39 is 0 Å². The van der Waals surface area contributed by atoms with E-state index >= 15 is 0 Å². The number of morpholine rings is 1. The number of thiazole rings is 1. The third-order valence-corrected chi connectivity index (χ3v) is 6.10. The number of para-hydroxylation sites is 1. The van der Waals surface area contributed by atoms with Crippen molar-refractivity contribution in [2.75, 3.05) is 31.6 Å². The highest BCUT2D eigenvalue weighted by atomic mass is 32.1. The number of rotatable bonds is 5. The number of carbonyl (C=O) groups excluding carboxylic acids is 1. The molecule has 1 amide bonds. The van der Waals surface area contributed by atoms with Crippen molar-refractivity contribution in [1.82, 2.24) is 14.9 Å². The summed E-state index contributed by atoms with van der Waals surface area (Å²) < 4.78 is 11.4. The first-order valence-electron chi connectivity index (χ1n) is 10.2. The third kappa shape index (κ3) is 4.23. The van der Waals surface area contributed by atoms with Crippen LogP contribution in [0.5, 0.6) is 0 Å². The van der Waals surface area contributed by atoms with Crippen molar-refractivity contribution in [3.8, 4) is 11.5 Å². The smallest absolute Gasteiger partial charge is 0.261 e. The van der Waals surface area contributed by atoms with E-state index in [2.05, 4.69) is 20.2 Å². The summed E-state index contributed by atoms with van der Waals surface area (Å²) in [7, 11) is 0. The molecule has 1 aliphatic rings. The number of amides is 1. The summed E-state index contributed by atoms with van der Waals surface area (Å²) in [4.78, 5) is 24.4. The highest BCUT2D eigenvalue weighted by molar-refractivity contribution is 7.14. The zero-order valence-electron chi connectivity index (χ0n) is 17.1. The topological polar surface area (TPSA) is 80.5 Å². The van der Waals surface area contributed by atoms with Crippen LogP contribution < -0.4 is 5.32 Å². The summed E-state index contributed by atoms with van der Waals surface area (Å²) in [6.07, 6.45) is 0. The molecule has 31 heavy (non-hydrogen) atoms. The summed E-state index contributed by atoms with van der Waals surface area (Å²) in [5.41, 5.74) is 4.49. The summed E-state index contributed by atoms with van der Waals surface area (Å²) in [6.45, 7) is 6.06. The molecule has 1 aliphatic heterocycles. The van der Waals surface area contributed by atoms with Crippen molar-refractivity contribution < 1.29 is 13.9 Å². The number of nitrogens with zero attached hydrogens (tertiary/aromatic N) is 3. The van der Waals surface area contributed by atoms with Crippen LogP contribution >= 0.6 is 11.3 Å². The third-order valence-electron chi connectivity index (χ3n) is 5.30. The van der Waals surface area contributed by atoms with Crippen molar-refractivity contribution in [2.45, 2.75) is 13.5 Å². The second kappa shape index (κ2) is 8.58. The molecular weight excluding hydrogens is 412 g/mol. The molecule has 1 N–H and O–H groups in total. The van der Waals surface area contributed by atoms with Gasteiger partial charge in [-0.2, -0.15) is 0 Å². The predicted octanol–water partition coefficient (Wildman–Crippen LogP) is 4.34. The number of oxazole rings is 1. The Morgan fingerprint density at radius 2 is 1.97 bits per heavy atom. The molecule has 1 fully saturated rings. The largest absolute Gasteiger partial charge is 0.435 e. The average molecular weight is 435 g/mol. The Kier molecular flexibility index (Phi) is 5.50.